The number of rotatable bonds is 4. The Bertz CT molecular complexity index is 729. The number of nitrogens with one attached hydrogen (secondary N) is 1. The largest absolute Gasteiger partial charge is 0.353 e. The van der Waals surface area contributed by atoms with Crippen molar-refractivity contribution in [2.24, 2.45) is 0 Å². The zero-order chi connectivity index (χ0) is 17.6. The van der Waals surface area contributed by atoms with Crippen molar-refractivity contribution in [3.05, 3.63) is 60.0 Å². The fourth-order valence-electron chi connectivity index (χ4n) is 2.70. The number of halogens is 1. The van der Waals surface area contributed by atoms with Crippen molar-refractivity contribution in [1.29, 1.82) is 0 Å². The number of amides is 2. The molecule has 0 bridgehead atoms. The number of aromatic nitrogens is 1. The number of hydrogen-bond acceptors (Lipinski definition) is 4. The zero-order valence-corrected chi connectivity index (χ0v) is 13.7. The molecule has 0 aliphatic carbocycles. The van der Waals surface area contributed by atoms with Crippen LogP contribution in [0.15, 0.2) is 48.7 Å². The molecule has 1 saturated heterocycles. The molecule has 0 spiro atoms. The summed E-state index contributed by atoms with van der Waals surface area (Å²) in [7, 11) is 0. The lowest BCUT2D eigenvalue weighted by molar-refractivity contribution is -0.130. The first kappa shape index (κ1) is 16.9. The minimum Gasteiger partial charge on any atom is -0.353 e. The molecule has 0 radical (unpaired) electrons. The van der Waals surface area contributed by atoms with E-state index < -0.39 is 5.82 Å². The quantitative estimate of drug-likeness (QED) is 0.910. The molecular weight excluding hydrogens is 323 g/mol. The summed E-state index contributed by atoms with van der Waals surface area (Å²) < 4.78 is 12.9. The predicted molar refractivity (Wildman–Crippen MR) is 91.8 cm³/mol. The number of benzene rings is 1. The smallest absolute Gasteiger partial charge is 0.251 e. The Balaban J connectivity index is 1.46. The minimum absolute atomic E-state index is 0.0696. The molecule has 25 heavy (non-hydrogen) atoms. The topological polar surface area (TPSA) is 65.5 Å². The van der Waals surface area contributed by atoms with Crippen LogP contribution in [0, 0.1) is 5.82 Å². The number of hydrogen-bond donors (Lipinski definition) is 1. The van der Waals surface area contributed by atoms with E-state index in [2.05, 4.69) is 15.2 Å². The van der Waals surface area contributed by atoms with E-state index in [1.54, 1.807) is 11.1 Å². The Morgan fingerprint density at radius 2 is 1.76 bits per heavy atom. The average Bonchev–Trinajstić information content (AvgIpc) is 2.67. The number of nitrogens with zero attached hydrogens (tertiary/aromatic N) is 3. The van der Waals surface area contributed by atoms with Gasteiger partial charge in [-0.3, -0.25) is 9.59 Å². The third kappa shape index (κ3) is 4.32. The van der Waals surface area contributed by atoms with Crippen LogP contribution < -0.4 is 10.2 Å². The lowest BCUT2D eigenvalue weighted by Gasteiger charge is -2.35. The predicted octanol–water partition coefficient (Wildman–Crippen LogP) is 1.30. The molecule has 1 aliphatic rings. The van der Waals surface area contributed by atoms with Gasteiger partial charge < -0.3 is 15.1 Å². The van der Waals surface area contributed by atoms with Crippen LogP contribution in [0.4, 0.5) is 10.2 Å². The van der Waals surface area contributed by atoms with Crippen LogP contribution >= 0.6 is 0 Å². The van der Waals surface area contributed by atoms with Crippen molar-refractivity contribution >= 4 is 17.6 Å². The Hall–Kier alpha value is -2.96. The third-order valence-corrected chi connectivity index (χ3v) is 4.11. The second kappa shape index (κ2) is 7.74. The van der Waals surface area contributed by atoms with Crippen LogP contribution in [0.2, 0.25) is 0 Å². The Morgan fingerprint density at radius 3 is 2.40 bits per heavy atom. The first-order chi connectivity index (χ1) is 12.1. The van der Waals surface area contributed by atoms with E-state index >= 15 is 0 Å². The average molecular weight is 342 g/mol. The van der Waals surface area contributed by atoms with Gasteiger partial charge in [0.1, 0.15) is 11.6 Å². The number of anilines is 1. The SMILES string of the molecule is O=C(NCC(=O)N1CCN(c2ccccn2)CC1)c1ccc(F)cc1. The Morgan fingerprint density at radius 1 is 1.04 bits per heavy atom. The highest BCUT2D eigenvalue weighted by Gasteiger charge is 2.22. The molecule has 6 nitrogen and oxygen atoms in total. The van der Waals surface area contributed by atoms with Crippen LogP contribution in [-0.2, 0) is 4.79 Å². The number of carbonyl (C=O) groups is 2. The van der Waals surface area contributed by atoms with Crippen LogP contribution in [0.25, 0.3) is 0 Å². The zero-order valence-electron chi connectivity index (χ0n) is 13.7. The lowest BCUT2D eigenvalue weighted by atomic mass is 10.2. The molecule has 1 aliphatic heterocycles. The van der Waals surface area contributed by atoms with Crippen LogP contribution in [0.5, 0.6) is 0 Å². The normalized spacial score (nSPS) is 14.3. The molecule has 1 aromatic carbocycles. The van der Waals surface area contributed by atoms with Gasteiger partial charge in [-0.25, -0.2) is 9.37 Å². The third-order valence-electron chi connectivity index (χ3n) is 4.11. The van der Waals surface area contributed by atoms with Crippen molar-refractivity contribution < 1.29 is 14.0 Å². The second-order valence-corrected chi connectivity index (χ2v) is 5.75. The number of carbonyl (C=O) groups excluding carboxylic acids is 2. The molecule has 2 amide bonds. The van der Waals surface area contributed by atoms with Gasteiger partial charge in [-0.1, -0.05) is 6.07 Å². The summed E-state index contributed by atoms with van der Waals surface area (Å²) in [6, 6.07) is 11.0. The summed E-state index contributed by atoms with van der Waals surface area (Å²) in [6.45, 7) is 2.51. The monoisotopic (exact) mass is 342 g/mol. The molecule has 2 heterocycles. The molecule has 1 aromatic heterocycles. The number of piperazine rings is 1. The van der Waals surface area contributed by atoms with Gasteiger partial charge in [0.25, 0.3) is 5.91 Å². The van der Waals surface area contributed by atoms with Gasteiger partial charge >= 0.3 is 0 Å². The van der Waals surface area contributed by atoms with Gasteiger partial charge in [-0.15, -0.1) is 0 Å². The molecule has 1 fully saturated rings. The van der Waals surface area contributed by atoms with Gasteiger partial charge in [0.05, 0.1) is 6.54 Å². The number of pyridine rings is 1. The molecule has 0 atom stereocenters. The molecule has 3 rings (SSSR count). The highest BCUT2D eigenvalue weighted by molar-refractivity contribution is 5.96. The standard InChI is InChI=1S/C18H19FN4O2/c19-15-6-4-14(5-7-15)18(25)21-13-17(24)23-11-9-22(10-12-23)16-3-1-2-8-20-16/h1-8H,9-13H2,(H,21,25). The second-order valence-electron chi connectivity index (χ2n) is 5.75. The summed E-state index contributed by atoms with van der Waals surface area (Å²) in [6.07, 6.45) is 1.75. The minimum atomic E-state index is -0.404. The molecule has 7 heteroatoms. The first-order valence-electron chi connectivity index (χ1n) is 8.11. The van der Waals surface area contributed by atoms with Gasteiger partial charge in [-0.2, -0.15) is 0 Å². The summed E-state index contributed by atoms with van der Waals surface area (Å²) in [4.78, 5) is 32.4. The molecule has 1 N–H and O–H groups in total. The van der Waals surface area contributed by atoms with Gasteiger partial charge in [0, 0.05) is 37.9 Å². The van der Waals surface area contributed by atoms with Crippen molar-refractivity contribution in [3.8, 4) is 0 Å². The molecule has 130 valence electrons. The van der Waals surface area contributed by atoms with E-state index in [1.807, 2.05) is 18.2 Å². The lowest BCUT2D eigenvalue weighted by Crippen LogP contribution is -2.51. The molecular formula is C18H19FN4O2. The van der Waals surface area contributed by atoms with Crippen molar-refractivity contribution in [2.75, 3.05) is 37.6 Å². The van der Waals surface area contributed by atoms with E-state index in [9.17, 15) is 14.0 Å². The Labute approximate surface area is 145 Å². The summed E-state index contributed by atoms with van der Waals surface area (Å²) in [5.74, 6) is -0.0192. The summed E-state index contributed by atoms with van der Waals surface area (Å²) >= 11 is 0. The maximum Gasteiger partial charge on any atom is 0.251 e. The van der Waals surface area contributed by atoms with Gasteiger partial charge in [0.2, 0.25) is 5.91 Å². The van der Waals surface area contributed by atoms with Gasteiger partial charge in [0.15, 0.2) is 0 Å². The van der Waals surface area contributed by atoms with Crippen molar-refractivity contribution in [1.82, 2.24) is 15.2 Å². The van der Waals surface area contributed by atoms with Crippen LogP contribution in [0.3, 0.4) is 0 Å². The molecule has 0 saturated carbocycles. The Kier molecular flexibility index (Phi) is 5.23. The molecule has 0 unspecified atom stereocenters. The fraction of sp³-hybridized carbons (Fsp3) is 0.278. The van der Waals surface area contributed by atoms with E-state index in [4.69, 9.17) is 0 Å². The van der Waals surface area contributed by atoms with Gasteiger partial charge in [-0.05, 0) is 36.4 Å². The van der Waals surface area contributed by atoms with Crippen molar-refractivity contribution in [3.63, 3.8) is 0 Å². The molecule has 2 aromatic rings. The van der Waals surface area contributed by atoms with E-state index in [0.29, 0.717) is 31.7 Å². The first-order valence-corrected chi connectivity index (χ1v) is 8.11. The van der Waals surface area contributed by atoms with Crippen LogP contribution in [0.1, 0.15) is 10.4 Å². The van der Waals surface area contributed by atoms with E-state index in [-0.39, 0.29) is 18.4 Å². The maximum atomic E-state index is 12.9. The van der Waals surface area contributed by atoms with Crippen LogP contribution in [-0.4, -0.2) is 54.4 Å². The van der Waals surface area contributed by atoms with E-state index in [1.165, 1.54) is 24.3 Å². The van der Waals surface area contributed by atoms with Crippen molar-refractivity contribution in [2.45, 2.75) is 0 Å². The highest BCUT2D eigenvalue weighted by Crippen LogP contribution is 2.12. The summed E-state index contributed by atoms with van der Waals surface area (Å²) in [5, 5.41) is 2.58. The highest BCUT2D eigenvalue weighted by atomic mass is 19.1. The summed E-state index contributed by atoms with van der Waals surface area (Å²) in [5.41, 5.74) is 0.328. The maximum absolute atomic E-state index is 12.9. The fourth-order valence-corrected chi connectivity index (χ4v) is 2.70. The van der Waals surface area contributed by atoms with E-state index in [0.717, 1.165) is 5.82 Å².